The second-order valence-electron chi connectivity index (χ2n) is 12.8. The van der Waals surface area contributed by atoms with Gasteiger partial charge in [0, 0.05) is 29.7 Å². The molecule has 0 bridgehead atoms. The number of fused-ring (bicyclic) bond motifs is 4. The Kier molecular flexibility index (Phi) is 7.99. The maximum absolute atomic E-state index is 15.2. The Hall–Kier alpha value is -5.52. The zero-order valence-electron chi connectivity index (χ0n) is 26.5. The largest absolute Gasteiger partial charge is 0.344 e. The van der Waals surface area contributed by atoms with E-state index >= 15 is 8.78 Å². The normalized spacial score (nSPS) is 17.9. The average molecular weight is 692 g/mol. The van der Waals surface area contributed by atoms with E-state index in [1.54, 1.807) is 12.1 Å². The molecule has 9 nitrogen and oxygen atoms in total. The molecule has 2 aliphatic carbocycles. The number of hydrogen-bond donors (Lipinski definition) is 1. The van der Waals surface area contributed by atoms with Gasteiger partial charge in [-0.05, 0) is 66.3 Å². The van der Waals surface area contributed by atoms with Crippen molar-refractivity contribution in [1.82, 2.24) is 29.6 Å². The number of nitrogens with one attached hydrogen (secondary N) is 1. The van der Waals surface area contributed by atoms with Gasteiger partial charge < -0.3 is 5.32 Å². The first-order valence-electron chi connectivity index (χ1n) is 15.7. The molecule has 2 aromatic carbocycles. The number of aromatic nitrogens is 5. The lowest BCUT2D eigenvalue weighted by Crippen LogP contribution is -2.38. The molecule has 3 aromatic heterocycles. The topological polar surface area (TPSA) is 118 Å². The maximum atomic E-state index is 15.2. The van der Waals surface area contributed by atoms with Crippen LogP contribution in [0.5, 0.6) is 0 Å². The van der Waals surface area contributed by atoms with Crippen molar-refractivity contribution in [2.45, 2.75) is 63.5 Å². The number of nitrogens with zero attached hydrogens (tertiary/aromatic N) is 6. The van der Waals surface area contributed by atoms with E-state index in [0.717, 1.165) is 16.7 Å². The number of amides is 1. The van der Waals surface area contributed by atoms with Crippen molar-refractivity contribution in [3.63, 3.8) is 0 Å². The van der Waals surface area contributed by atoms with Gasteiger partial charge in [-0.1, -0.05) is 13.8 Å². The van der Waals surface area contributed by atoms with Gasteiger partial charge in [-0.15, -0.1) is 0 Å². The molecule has 1 saturated carbocycles. The molecule has 5 aromatic rings. The Morgan fingerprint density at radius 1 is 1.10 bits per heavy atom. The highest BCUT2D eigenvalue weighted by Crippen LogP contribution is 2.68. The predicted octanol–water partition coefficient (Wildman–Crippen LogP) is 6.50. The molecular weight excluding hydrogens is 664 g/mol. The summed E-state index contributed by atoms with van der Waals surface area (Å²) in [6.45, 7) is 2.94. The second-order valence-corrected chi connectivity index (χ2v) is 12.8. The Morgan fingerprint density at radius 3 is 2.48 bits per heavy atom. The number of alkyl halides is 4. The van der Waals surface area contributed by atoms with Gasteiger partial charge in [0.25, 0.3) is 17.9 Å². The summed E-state index contributed by atoms with van der Waals surface area (Å²) in [5, 5.41) is 15.9. The number of carbonyl (C=O) groups excluding carboxylic acids is 1. The van der Waals surface area contributed by atoms with Gasteiger partial charge in [-0.3, -0.25) is 23.8 Å². The fraction of sp³-hybridized carbons (Fsp3) is 0.314. The molecule has 0 unspecified atom stereocenters. The standard InChI is InChI=1S/C35H27F6N7O2/c1-16(2)25-6-4-21(14-43-25)48-33(45-26-9-17(13-42)3-5-22(26)34(48)50)27(10-18-7-19(36)11-20(37)8-18)44-28(49)15-47-31-29(30(46-47)32(38)39)23-12-24(23)35(31,40)41/h3-9,11,14,16,23-24,27,32H,10,12,15H2,1-2H3,(H,44,49)/t23-,24+,27-/m0/s1. The highest BCUT2D eigenvalue weighted by Gasteiger charge is 2.67. The van der Waals surface area contributed by atoms with E-state index in [2.05, 4.69) is 20.4 Å². The first-order chi connectivity index (χ1) is 23.8. The highest BCUT2D eigenvalue weighted by atomic mass is 19.3. The lowest BCUT2D eigenvalue weighted by atomic mass is 10.0. The summed E-state index contributed by atoms with van der Waals surface area (Å²) >= 11 is 0. The number of pyridine rings is 1. The third-order valence-electron chi connectivity index (χ3n) is 9.11. The van der Waals surface area contributed by atoms with Crippen LogP contribution in [0.25, 0.3) is 16.6 Å². The van der Waals surface area contributed by atoms with Gasteiger partial charge in [0.15, 0.2) is 0 Å². The first kappa shape index (κ1) is 33.0. The molecule has 3 atom stereocenters. The quantitative estimate of drug-likeness (QED) is 0.177. The van der Waals surface area contributed by atoms with Crippen molar-refractivity contribution in [3.8, 4) is 11.8 Å². The number of halogens is 6. The van der Waals surface area contributed by atoms with Crippen molar-refractivity contribution < 1.29 is 31.1 Å². The van der Waals surface area contributed by atoms with E-state index < -0.39 is 71.3 Å². The van der Waals surface area contributed by atoms with Crippen LogP contribution in [0.4, 0.5) is 26.3 Å². The zero-order valence-corrected chi connectivity index (χ0v) is 26.5. The van der Waals surface area contributed by atoms with Gasteiger partial charge >= 0.3 is 0 Å². The highest BCUT2D eigenvalue weighted by molar-refractivity contribution is 5.80. The van der Waals surface area contributed by atoms with E-state index in [-0.39, 0.29) is 57.9 Å². The molecule has 0 aliphatic heterocycles. The van der Waals surface area contributed by atoms with Crippen LogP contribution in [0.3, 0.4) is 0 Å². The molecule has 0 saturated heterocycles. The molecule has 15 heteroatoms. The van der Waals surface area contributed by atoms with Gasteiger partial charge in [0.2, 0.25) is 5.91 Å². The Morgan fingerprint density at radius 2 is 1.84 bits per heavy atom. The zero-order chi connectivity index (χ0) is 35.6. The van der Waals surface area contributed by atoms with Crippen LogP contribution < -0.4 is 10.9 Å². The van der Waals surface area contributed by atoms with Crippen molar-refractivity contribution in [2.24, 2.45) is 5.92 Å². The van der Waals surface area contributed by atoms with Crippen molar-refractivity contribution in [3.05, 3.63) is 116 Å². The molecule has 1 fully saturated rings. The van der Waals surface area contributed by atoms with Crippen LogP contribution in [0.2, 0.25) is 0 Å². The lowest BCUT2D eigenvalue weighted by Gasteiger charge is -2.24. The van der Waals surface area contributed by atoms with Crippen LogP contribution in [-0.2, 0) is 23.7 Å². The van der Waals surface area contributed by atoms with E-state index in [4.69, 9.17) is 0 Å². The SMILES string of the molecule is CC(C)c1ccc(-n2c([C@H](Cc3cc(F)cc(F)c3)NC(=O)Cn3nc(C(F)F)c4c3C(F)(F)[C@@H]3C[C@H]43)nc3cc(C#N)ccc3c2=O)cn1. The summed E-state index contributed by atoms with van der Waals surface area (Å²) in [5.41, 5.74) is -1.20. The van der Waals surface area contributed by atoms with Crippen molar-refractivity contribution >= 4 is 16.8 Å². The number of rotatable bonds is 9. The monoisotopic (exact) mass is 691 g/mol. The van der Waals surface area contributed by atoms with Crippen LogP contribution in [0.1, 0.15) is 84.2 Å². The fourth-order valence-corrected chi connectivity index (χ4v) is 6.75. The number of carbonyl (C=O) groups is 1. The summed E-state index contributed by atoms with van der Waals surface area (Å²) in [4.78, 5) is 36.9. The van der Waals surface area contributed by atoms with Crippen LogP contribution >= 0.6 is 0 Å². The summed E-state index contributed by atoms with van der Waals surface area (Å²) < 4.78 is 88.7. The Balaban J connectivity index is 1.36. The molecule has 0 spiro atoms. The molecule has 1 amide bonds. The molecule has 7 rings (SSSR count). The fourth-order valence-electron chi connectivity index (χ4n) is 6.75. The molecule has 2 aliphatic rings. The molecule has 50 heavy (non-hydrogen) atoms. The molecule has 256 valence electrons. The van der Waals surface area contributed by atoms with E-state index in [0.29, 0.717) is 16.4 Å². The van der Waals surface area contributed by atoms with Crippen LogP contribution in [-0.4, -0.2) is 30.2 Å². The number of nitriles is 1. The van der Waals surface area contributed by atoms with Crippen LogP contribution in [0, 0.1) is 28.9 Å². The van der Waals surface area contributed by atoms with Crippen LogP contribution in [0.15, 0.2) is 59.5 Å². The van der Waals surface area contributed by atoms with Crippen molar-refractivity contribution in [1.29, 1.82) is 5.26 Å². The van der Waals surface area contributed by atoms with Gasteiger partial charge in [-0.25, -0.2) is 22.5 Å². The van der Waals surface area contributed by atoms with E-state index in [1.807, 2.05) is 19.9 Å². The maximum Gasteiger partial charge on any atom is 0.293 e. The average Bonchev–Trinajstić information content (AvgIpc) is 3.72. The summed E-state index contributed by atoms with van der Waals surface area (Å²) in [7, 11) is 0. The number of hydrogen-bond acceptors (Lipinski definition) is 6. The van der Waals surface area contributed by atoms with Gasteiger partial charge in [0.1, 0.15) is 35.4 Å². The second kappa shape index (κ2) is 12.1. The van der Waals surface area contributed by atoms with Crippen molar-refractivity contribution in [2.75, 3.05) is 0 Å². The Bertz CT molecular complexity index is 2260. The van der Waals surface area contributed by atoms with E-state index in [9.17, 15) is 32.4 Å². The minimum Gasteiger partial charge on any atom is -0.344 e. The van der Waals surface area contributed by atoms with E-state index in [1.165, 1.54) is 24.4 Å². The third-order valence-corrected chi connectivity index (χ3v) is 9.11. The summed E-state index contributed by atoms with van der Waals surface area (Å²) in [5.74, 6) is -8.32. The number of benzene rings is 2. The third kappa shape index (κ3) is 5.68. The lowest BCUT2D eigenvalue weighted by molar-refractivity contribution is -0.123. The predicted molar refractivity (Wildman–Crippen MR) is 167 cm³/mol. The molecular formula is C35H27F6N7O2. The molecule has 3 heterocycles. The van der Waals surface area contributed by atoms with Gasteiger partial charge in [0.05, 0.1) is 40.5 Å². The smallest absolute Gasteiger partial charge is 0.293 e. The molecule has 0 radical (unpaired) electrons. The minimum atomic E-state index is -3.48. The minimum absolute atomic E-state index is 0.0373. The first-order valence-corrected chi connectivity index (χ1v) is 15.7. The Labute approximate surface area is 280 Å². The molecule has 1 N–H and O–H groups in total. The van der Waals surface area contributed by atoms with Gasteiger partial charge in [-0.2, -0.15) is 19.1 Å². The summed E-state index contributed by atoms with van der Waals surface area (Å²) in [6, 6.07) is 10.8. The summed E-state index contributed by atoms with van der Waals surface area (Å²) in [6.07, 6.45) is -2.04.